The van der Waals surface area contributed by atoms with E-state index in [0.29, 0.717) is 0 Å². The van der Waals surface area contributed by atoms with E-state index in [9.17, 15) is 0 Å². The molecule has 0 aliphatic carbocycles. The molecule has 1 aliphatic heterocycles. The van der Waals surface area contributed by atoms with E-state index in [1.807, 2.05) is 25.1 Å². The molecule has 0 saturated carbocycles. The number of aromatic nitrogens is 1. The highest BCUT2D eigenvalue weighted by atomic mass is 16.5. The van der Waals surface area contributed by atoms with Crippen molar-refractivity contribution in [3.05, 3.63) is 30.0 Å². The number of hydrogen-bond acceptors (Lipinski definition) is 5. The van der Waals surface area contributed by atoms with E-state index >= 15 is 0 Å². The fourth-order valence-electron chi connectivity index (χ4n) is 2.72. The highest BCUT2D eigenvalue weighted by Gasteiger charge is 2.10. The van der Waals surface area contributed by atoms with Crippen LogP contribution in [0.3, 0.4) is 0 Å². The largest absolute Gasteiger partial charge is 0.398 e. The number of nitrogens with two attached hydrogens (primary N) is 1. The number of hydrogen-bond donors (Lipinski definition) is 2. The molecule has 0 atom stereocenters. The molecule has 5 nitrogen and oxygen atoms in total. The summed E-state index contributed by atoms with van der Waals surface area (Å²) in [5.41, 5.74) is 7.84. The normalized spacial score (nSPS) is 16.2. The van der Waals surface area contributed by atoms with E-state index < -0.39 is 0 Å². The van der Waals surface area contributed by atoms with E-state index in [0.717, 1.165) is 67.4 Å². The van der Waals surface area contributed by atoms with Gasteiger partial charge in [-0.25, -0.2) is 4.98 Å². The van der Waals surface area contributed by atoms with Crippen LogP contribution in [-0.4, -0.2) is 49.3 Å². The minimum Gasteiger partial charge on any atom is -0.398 e. The molecule has 3 N–H and O–H groups in total. The minimum absolute atomic E-state index is 0.800. The maximum Gasteiger partial charge on any atom is 0.134 e. The third kappa shape index (κ3) is 3.25. The fourth-order valence-corrected chi connectivity index (χ4v) is 2.72. The van der Waals surface area contributed by atoms with Crippen molar-refractivity contribution >= 4 is 22.3 Å². The van der Waals surface area contributed by atoms with Gasteiger partial charge in [0.2, 0.25) is 0 Å². The van der Waals surface area contributed by atoms with Crippen molar-refractivity contribution in [2.75, 3.05) is 50.4 Å². The average Bonchev–Trinajstić information content (AvgIpc) is 2.49. The molecular weight excluding hydrogens is 264 g/mol. The molecule has 2 aromatic rings. The number of fused-ring (bicyclic) bond motifs is 1. The molecule has 1 aromatic carbocycles. The molecule has 0 unspecified atom stereocenters. The van der Waals surface area contributed by atoms with Gasteiger partial charge in [-0.15, -0.1) is 0 Å². The maximum atomic E-state index is 6.06. The van der Waals surface area contributed by atoms with Gasteiger partial charge < -0.3 is 15.8 Å². The van der Waals surface area contributed by atoms with Gasteiger partial charge in [-0.2, -0.15) is 0 Å². The summed E-state index contributed by atoms with van der Waals surface area (Å²) in [7, 11) is 0. The summed E-state index contributed by atoms with van der Waals surface area (Å²) >= 11 is 0. The van der Waals surface area contributed by atoms with E-state index in [4.69, 9.17) is 10.5 Å². The second kappa shape index (κ2) is 6.28. The molecule has 0 amide bonds. The van der Waals surface area contributed by atoms with Gasteiger partial charge in [-0.3, -0.25) is 4.90 Å². The van der Waals surface area contributed by atoms with Crippen LogP contribution in [0, 0.1) is 6.92 Å². The Kier molecular flexibility index (Phi) is 4.22. The lowest BCUT2D eigenvalue weighted by Gasteiger charge is -2.26. The molecule has 21 heavy (non-hydrogen) atoms. The van der Waals surface area contributed by atoms with Crippen molar-refractivity contribution in [3.8, 4) is 0 Å². The van der Waals surface area contributed by atoms with Gasteiger partial charge in [0.25, 0.3) is 0 Å². The second-order valence-electron chi connectivity index (χ2n) is 5.44. The minimum atomic E-state index is 0.800. The van der Waals surface area contributed by atoms with Crippen molar-refractivity contribution in [2.45, 2.75) is 6.92 Å². The highest BCUT2D eigenvalue weighted by Crippen LogP contribution is 2.26. The quantitative estimate of drug-likeness (QED) is 0.840. The third-order valence-corrected chi connectivity index (χ3v) is 3.86. The molecule has 0 bridgehead atoms. The Bertz CT molecular complexity index is 623. The first-order valence-corrected chi connectivity index (χ1v) is 7.44. The van der Waals surface area contributed by atoms with Gasteiger partial charge >= 0.3 is 0 Å². The first-order valence-electron chi connectivity index (χ1n) is 7.44. The number of morpholine rings is 1. The number of rotatable bonds is 4. The molecule has 1 saturated heterocycles. The lowest BCUT2D eigenvalue weighted by Crippen LogP contribution is -2.39. The summed E-state index contributed by atoms with van der Waals surface area (Å²) in [5, 5.41) is 5.61. The van der Waals surface area contributed by atoms with Crippen LogP contribution in [-0.2, 0) is 4.74 Å². The van der Waals surface area contributed by atoms with Crippen LogP contribution in [0.25, 0.3) is 10.8 Å². The van der Waals surface area contributed by atoms with E-state index in [-0.39, 0.29) is 0 Å². The Labute approximate surface area is 125 Å². The van der Waals surface area contributed by atoms with Crippen LogP contribution in [0.4, 0.5) is 11.5 Å². The first-order chi connectivity index (χ1) is 10.2. The predicted octanol–water partition coefficient (Wildman–Crippen LogP) is 1.87. The number of anilines is 2. The van der Waals surface area contributed by atoms with Crippen molar-refractivity contribution in [1.82, 2.24) is 9.88 Å². The Balaban J connectivity index is 1.72. The van der Waals surface area contributed by atoms with Gasteiger partial charge in [-0.05, 0) is 19.1 Å². The van der Waals surface area contributed by atoms with E-state index in [1.165, 1.54) is 0 Å². The molecule has 2 heterocycles. The molecule has 3 rings (SSSR count). The van der Waals surface area contributed by atoms with E-state index in [2.05, 4.69) is 21.3 Å². The molecule has 112 valence electrons. The standard InChI is InChI=1S/C16H22N4O/c1-12-11-14-13(3-2-4-15(14)17)16(19-12)18-5-6-20-7-9-21-10-8-20/h2-4,11H,5-10,17H2,1H3,(H,18,19). The molecule has 1 aliphatic rings. The zero-order valence-electron chi connectivity index (χ0n) is 12.4. The summed E-state index contributed by atoms with van der Waals surface area (Å²) < 4.78 is 5.36. The Morgan fingerprint density at radius 3 is 2.90 bits per heavy atom. The zero-order valence-corrected chi connectivity index (χ0v) is 12.4. The van der Waals surface area contributed by atoms with Crippen LogP contribution in [0.1, 0.15) is 5.69 Å². The van der Waals surface area contributed by atoms with Crippen molar-refractivity contribution < 1.29 is 4.74 Å². The molecule has 1 fully saturated rings. The number of nitrogen functional groups attached to an aromatic ring is 1. The van der Waals surface area contributed by atoms with Gasteiger partial charge in [0, 0.05) is 48.3 Å². The van der Waals surface area contributed by atoms with Crippen LogP contribution in [0.2, 0.25) is 0 Å². The molecular formula is C16H22N4O. The SMILES string of the molecule is Cc1cc2c(N)cccc2c(NCCN2CCOCC2)n1. The lowest BCUT2D eigenvalue weighted by molar-refractivity contribution is 0.0398. The van der Waals surface area contributed by atoms with Crippen molar-refractivity contribution in [1.29, 1.82) is 0 Å². The van der Waals surface area contributed by atoms with Gasteiger partial charge in [-0.1, -0.05) is 12.1 Å². The summed E-state index contributed by atoms with van der Waals surface area (Å²) in [6.45, 7) is 7.57. The Hall–Kier alpha value is -1.85. The Morgan fingerprint density at radius 2 is 2.10 bits per heavy atom. The van der Waals surface area contributed by atoms with Crippen LogP contribution < -0.4 is 11.1 Å². The smallest absolute Gasteiger partial charge is 0.134 e. The number of benzene rings is 1. The summed E-state index contributed by atoms with van der Waals surface area (Å²) in [4.78, 5) is 7.02. The molecule has 0 spiro atoms. The first kappa shape index (κ1) is 14.1. The van der Waals surface area contributed by atoms with Gasteiger partial charge in [0.05, 0.1) is 13.2 Å². The molecule has 5 heteroatoms. The lowest BCUT2D eigenvalue weighted by atomic mass is 10.1. The Morgan fingerprint density at radius 1 is 1.29 bits per heavy atom. The topological polar surface area (TPSA) is 63.4 Å². The second-order valence-corrected chi connectivity index (χ2v) is 5.44. The summed E-state index contributed by atoms with van der Waals surface area (Å²) in [5.74, 6) is 0.922. The predicted molar refractivity (Wildman–Crippen MR) is 86.6 cm³/mol. The van der Waals surface area contributed by atoms with Gasteiger partial charge in [0.15, 0.2) is 0 Å². The van der Waals surface area contributed by atoms with Crippen LogP contribution >= 0.6 is 0 Å². The number of pyridine rings is 1. The third-order valence-electron chi connectivity index (χ3n) is 3.86. The number of nitrogens with one attached hydrogen (secondary N) is 1. The molecule has 0 radical (unpaired) electrons. The summed E-state index contributed by atoms with van der Waals surface area (Å²) in [6, 6.07) is 8.01. The zero-order chi connectivity index (χ0) is 14.7. The number of aryl methyl sites for hydroxylation is 1. The number of nitrogens with zero attached hydrogens (tertiary/aromatic N) is 2. The number of ether oxygens (including phenoxy) is 1. The van der Waals surface area contributed by atoms with Crippen molar-refractivity contribution in [2.24, 2.45) is 0 Å². The monoisotopic (exact) mass is 286 g/mol. The highest BCUT2D eigenvalue weighted by molar-refractivity contribution is 5.99. The average molecular weight is 286 g/mol. The van der Waals surface area contributed by atoms with Crippen molar-refractivity contribution in [3.63, 3.8) is 0 Å². The van der Waals surface area contributed by atoms with Crippen LogP contribution in [0.5, 0.6) is 0 Å². The maximum absolute atomic E-state index is 6.06. The summed E-state index contributed by atoms with van der Waals surface area (Å²) in [6.07, 6.45) is 0. The van der Waals surface area contributed by atoms with Crippen LogP contribution in [0.15, 0.2) is 24.3 Å². The molecule has 1 aromatic heterocycles. The fraction of sp³-hybridized carbons (Fsp3) is 0.438. The van der Waals surface area contributed by atoms with E-state index in [1.54, 1.807) is 0 Å². The van der Waals surface area contributed by atoms with Gasteiger partial charge in [0.1, 0.15) is 5.82 Å².